The Morgan fingerprint density at radius 1 is 1.44 bits per heavy atom. The lowest BCUT2D eigenvalue weighted by Gasteiger charge is -2.38. The number of benzene rings is 1. The summed E-state index contributed by atoms with van der Waals surface area (Å²) in [5, 5.41) is 9.19. The van der Waals surface area contributed by atoms with Gasteiger partial charge in [-0.3, -0.25) is 4.79 Å². The van der Waals surface area contributed by atoms with Crippen molar-refractivity contribution in [3.05, 3.63) is 29.8 Å². The van der Waals surface area contributed by atoms with Crippen molar-refractivity contribution in [3.63, 3.8) is 0 Å². The minimum Gasteiger partial charge on any atom is -0.480 e. The van der Waals surface area contributed by atoms with E-state index < -0.39 is 11.5 Å². The fourth-order valence-electron chi connectivity index (χ4n) is 2.42. The average Bonchev–Trinajstić information content (AvgIpc) is 2.39. The number of nitrogens with two attached hydrogens (primary N) is 1. The molecule has 18 heavy (non-hydrogen) atoms. The first-order chi connectivity index (χ1) is 8.55. The van der Waals surface area contributed by atoms with Gasteiger partial charge in [-0.1, -0.05) is 19.1 Å². The van der Waals surface area contributed by atoms with Crippen LogP contribution in [-0.4, -0.2) is 29.7 Å². The molecule has 0 radical (unpaired) electrons. The monoisotopic (exact) mass is 248 g/mol. The lowest BCUT2D eigenvalue weighted by atomic mass is 9.90. The number of piperidine rings is 1. The smallest absolute Gasteiger partial charge is 0.325 e. The van der Waals surface area contributed by atoms with E-state index in [1.165, 1.54) is 5.56 Å². The standard InChI is InChI=1S/C14H20N2O2/c1-2-11-4-6-12(7-5-11)16-9-3-8-14(15,10-16)13(17)18/h4-7H,2-3,8-10,15H2,1H3,(H,17,18). The summed E-state index contributed by atoms with van der Waals surface area (Å²) in [4.78, 5) is 13.3. The molecule has 0 aliphatic carbocycles. The van der Waals surface area contributed by atoms with E-state index in [1.807, 2.05) is 12.1 Å². The first-order valence-corrected chi connectivity index (χ1v) is 6.41. The van der Waals surface area contributed by atoms with Gasteiger partial charge in [-0.15, -0.1) is 0 Å². The van der Waals surface area contributed by atoms with Crippen molar-refractivity contribution in [2.45, 2.75) is 31.7 Å². The Bertz CT molecular complexity index is 430. The Kier molecular flexibility index (Phi) is 3.57. The van der Waals surface area contributed by atoms with Crippen LogP contribution < -0.4 is 10.6 Å². The number of aliphatic carboxylic acids is 1. The highest BCUT2D eigenvalue weighted by atomic mass is 16.4. The van der Waals surface area contributed by atoms with E-state index in [0.29, 0.717) is 13.0 Å². The molecule has 98 valence electrons. The third-order valence-corrected chi connectivity index (χ3v) is 3.66. The Morgan fingerprint density at radius 2 is 2.11 bits per heavy atom. The molecule has 0 aromatic heterocycles. The summed E-state index contributed by atoms with van der Waals surface area (Å²) in [7, 11) is 0. The molecule has 1 aliphatic heterocycles. The van der Waals surface area contributed by atoms with Gasteiger partial charge in [-0.2, -0.15) is 0 Å². The predicted octanol–water partition coefficient (Wildman–Crippen LogP) is 1.63. The van der Waals surface area contributed by atoms with Gasteiger partial charge in [0, 0.05) is 18.8 Å². The molecule has 4 nitrogen and oxygen atoms in total. The topological polar surface area (TPSA) is 66.6 Å². The molecule has 1 heterocycles. The Hall–Kier alpha value is -1.55. The van der Waals surface area contributed by atoms with E-state index >= 15 is 0 Å². The number of anilines is 1. The molecular weight excluding hydrogens is 228 g/mol. The van der Waals surface area contributed by atoms with Gasteiger partial charge in [0.15, 0.2) is 0 Å². The van der Waals surface area contributed by atoms with Crippen LogP contribution in [-0.2, 0) is 11.2 Å². The largest absolute Gasteiger partial charge is 0.480 e. The van der Waals surface area contributed by atoms with Crippen LogP contribution in [0.15, 0.2) is 24.3 Å². The zero-order valence-electron chi connectivity index (χ0n) is 10.7. The minimum atomic E-state index is -1.11. The molecule has 4 heteroatoms. The van der Waals surface area contributed by atoms with Crippen LogP contribution in [0.1, 0.15) is 25.3 Å². The molecule has 1 unspecified atom stereocenters. The molecule has 0 saturated carbocycles. The fraction of sp³-hybridized carbons (Fsp3) is 0.500. The number of carbonyl (C=O) groups is 1. The molecule has 1 aliphatic rings. The fourth-order valence-corrected chi connectivity index (χ4v) is 2.42. The van der Waals surface area contributed by atoms with Gasteiger partial charge in [0.2, 0.25) is 0 Å². The zero-order chi connectivity index (χ0) is 13.2. The van der Waals surface area contributed by atoms with E-state index in [2.05, 4.69) is 24.0 Å². The van der Waals surface area contributed by atoms with Gasteiger partial charge in [0.05, 0.1) is 0 Å². The van der Waals surface area contributed by atoms with Crippen molar-refractivity contribution in [3.8, 4) is 0 Å². The normalized spacial score (nSPS) is 24.0. The average molecular weight is 248 g/mol. The number of nitrogens with zero attached hydrogens (tertiary/aromatic N) is 1. The van der Waals surface area contributed by atoms with E-state index in [0.717, 1.165) is 25.1 Å². The number of carboxylic acids is 1. The second kappa shape index (κ2) is 4.98. The summed E-state index contributed by atoms with van der Waals surface area (Å²) in [6.07, 6.45) is 2.38. The lowest BCUT2D eigenvalue weighted by Crippen LogP contribution is -2.59. The quantitative estimate of drug-likeness (QED) is 0.853. The number of rotatable bonds is 3. The molecule has 1 aromatic rings. The maximum absolute atomic E-state index is 11.2. The van der Waals surface area contributed by atoms with Gasteiger partial charge < -0.3 is 15.7 Å². The molecule has 1 atom stereocenters. The highest BCUT2D eigenvalue weighted by Gasteiger charge is 2.38. The maximum Gasteiger partial charge on any atom is 0.325 e. The number of hydrogen-bond donors (Lipinski definition) is 2. The Balaban J connectivity index is 2.15. The van der Waals surface area contributed by atoms with Crippen LogP contribution in [0.2, 0.25) is 0 Å². The van der Waals surface area contributed by atoms with E-state index in [4.69, 9.17) is 5.73 Å². The van der Waals surface area contributed by atoms with Gasteiger partial charge in [0.25, 0.3) is 0 Å². The Labute approximate surface area is 107 Å². The van der Waals surface area contributed by atoms with Crippen LogP contribution in [0, 0.1) is 0 Å². The van der Waals surface area contributed by atoms with Crippen LogP contribution >= 0.6 is 0 Å². The van der Waals surface area contributed by atoms with Gasteiger partial charge >= 0.3 is 5.97 Å². The van der Waals surface area contributed by atoms with E-state index in [1.54, 1.807) is 0 Å². The van der Waals surface area contributed by atoms with Crippen molar-refractivity contribution in [1.29, 1.82) is 0 Å². The highest BCUT2D eigenvalue weighted by molar-refractivity contribution is 5.80. The van der Waals surface area contributed by atoms with Crippen molar-refractivity contribution in [2.75, 3.05) is 18.0 Å². The maximum atomic E-state index is 11.2. The minimum absolute atomic E-state index is 0.383. The van der Waals surface area contributed by atoms with Gasteiger partial charge in [-0.05, 0) is 37.0 Å². The van der Waals surface area contributed by atoms with E-state index in [9.17, 15) is 9.90 Å². The molecular formula is C14H20N2O2. The summed E-state index contributed by atoms with van der Waals surface area (Å²) in [6, 6.07) is 8.27. The van der Waals surface area contributed by atoms with Crippen molar-refractivity contribution in [2.24, 2.45) is 5.73 Å². The molecule has 1 saturated heterocycles. The summed E-state index contributed by atoms with van der Waals surface area (Å²) in [5.41, 5.74) is 7.18. The van der Waals surface area contributed by atoms with Crippen molar-refractivity contribution in [1.82, 2.24) is 0 Å². The van der Waals surface area contributed by atoms with Crippen LogP contribution in [0.25, 0.3) is 0 Å². The van der Waals surface area contributed by atoms with Gasteiger partial charge in [-0.25, -0.2) is 0 Å². The molecule has 3 N–H and O–H groups in total. The predicted molar refractivity (Wildman–Crippen MR) is 71.8 cm³/mol. The van der Waals surface area contributed by atoms with Gasteiger partial charge in [0.1, 0.15) is 5.54 Å². The lowest BCUT2D eigenvalue weighted by molar-refractivity contribution is -0.143. The molecule has 0 amide bonds. The number of carboxylic acid groups (broad SMARTS) is 1. The summed E-state index contributed by atoms with van der Waals surface area (Å²) in [6.45, 7) is 3.37. The summed E-state index contributed by atoms with van der Waals surface area (Å²) < 4.78 is 0. The summed E-state index contributed by atoms with van der Waals surface area (Å²) >= 11 is 0. The van der Waals surface area contributed by atoms with Crippen LogP contribution in [0.3, 0.4) is 0 Å². The molecule has 1 fully saturated rings. The summed E-state index contributed by atoms with van der Waals surface area (Å²) in [5.74, 6) is -0.905. The van der Waals surface area contributed by atoms with Crippen molar-refractivity contribution < 1.29 is 9.90 Å². The SMILES string of the molecule is CCc1ccc(N2CCCC(N)(C(=O)O)C2)cc1. The molecule has 2 rings (SSSR count). The first-order valence-electron chi connectivity index (χ1n) is 6.41. The highest BCUT2D eigenvalue weighted by Crippen LogP contribution is 2.25. The Morgan fingerprint density at radius 3 is 2.67 bits per heavy atom. The molecule has 0 bridgehead atoms. The second-order valence-electron chi connectivity index (χ2n) is 5.01. The van der Waals surface area contributed by atoms with Crippen LogP contribution in [0.5, 0.6) is 0 Å². The number of hydrogen-bond acceptors (Lipinski definition) is 3. The zero-order valence-corrected chi connectivity index (χ0v) is 10.7. The van der Waals surface area contributed by atoms with Crippen molar-refractivity contribution >= 4 is 11.7 Å². The van der Waals surface area contributed by atoms with E-state index in [-0.39, 0.29) is 0 Å². The first kappa shape index (κ1) is 12.9. The third kappa shape index (κ3) is 2.48. The van der Waals surface area contributed by atoms with Crippen LogP contribution in [0.4, 0.5) is 5.69 Å². The molecule has 0 spiro atoms. The molecule has 1 aromatic carbocycles. The third-order valence-electron chi connectivity index (χ3n) is 3.66. The second-order valence-corrected chi connectivity index (χ2v) is 5.01. The number of aryl methyl sites for hydroxylation is 1.